The summed E-state index contributed by atoms with van der Waals surface area (Å²) in [6.45, 7) is 1.65. The van der Waals surface area contributed by atoms with Crippen LogP contribution in [0.4, 0.5) is 18.9 Å². The Hall–Kier alpha value is -1.72. The SMILES string of the molecule is CCc1cc(C(F)(F)F)c(N)cc1C(=O)OC. The molecule has 0 unspecified atom stereocenters. The van der Waals surface area contributed by atoms with Gasteiger partial charge in [-0.1, -0.05) is 6.92 Å². The summed E-state index contributed by atoms with van der Waals surface area (Å²) in [4.78, 5) is 11.3. The highest BCUT2D eigenvalue weighted by molar-refractivity contribution is 5.92. The third-order valence-corrected chi connectivity index (χ3v) is 2.37. The molecule has 1 aromatic rings. The number of aryl methyl sites for hydroxylation is 1. The van der Waals surface area contributed by atoms with Crippen molar-refractivity contribution in [1.29, 1.82) is 0 Å². The number of carbonyl (C=O) groups is 1. The zero-order valence-corrected chi connectivity index (χ0v) is 9.39. The van der Waals surface area contributed by atoms with Gasteiger partial charge in [0, 0.05) is 5.69 Å². The first-order chi connectivity index (χ1) is 7.81. The van der Waals surface area contributed by atoms with Gasteiger partial charge in [0.05, 0.1) is 18.2 Å². The summed E-state index contributed by atoms with van der Waals surface area (Å²) in [7, 11) is 1.16. The van der Waals surface area contributed by atoms with Gasteiger partial charge in [-0.05, 0) is 24.1 Å². The highest BCUT2D eigenvalue weighted by Gasteiger charge is 2.34. The van der Waals surface area contributed by atoms with Gasteiger partial charge in [-0.3, -0.25) is 0 Å². The van der Waals surface area contributed by atoms with Gasteiger partial charge in [-0.15, -0.1) is 0 Å². The van der Waals surface area contributed by atoms with Crippen molar-refractivity contribution in [2.45, 2.75) is 19.5 Å². The van der Waals surface area contributed by atoms with E-state index < -0.39 is 23.4 Å². The Balaban J connectivity index is 3.40. The molecule has 94 valence electrons. The topological polar surface area (TPSA) is 52.3 Å². The van der Waals surface area contributed by atoms with E-state index in [1.54, 1.807) is 6.92 Å². The van der Waals surface area contributed by atoms with Crippen molar-refractivity contribution in [3.8, 4) is 0 Å². The van der Waals surface area contributed by atoms with Crippen molar-refractivity contribution in [1.82, 2.24) is 0 Å². The predicted molar refractivity (Wildman–Crippen MR) is 56.6 cm³/mol. The first kappa shape index (κ1) is 13.3. The molecule has 6 heteroatoms. The Morgan fingerprint density at radius 2 is 2.00 bits per heavy atom. The maximum Gasteiger partial charge on any atom is 0.418 e. The van der Waals surface area contributed by atoms with Gasteiger partial charge in [0.2, 0.25) is 0 Å². The summed E-state index contributed by atoms with van der Waals surface area (Å²) < 4.78 is 42.2. The van der Waals surface area contributed by atoms with E-state index in [2.05, 4.69) is 4.74 Å². The van der Waals surface area contributed by atoms with Gasteiger partial charge >= 0.3 is 12.1 Å². The monoisotopic (exact) mass is 247 g/mol. The van der Waals surface area contributed by atoms with Crippen LogP contribution in [0.3, 0.4) is 0 Å². The molecule has 0 fully saturated rings. The number of alkyl halides is 3. The van der Waals surface area contributed by atoms with E-state index >= 15 is 0 Å². The Labute approximate surface area is 96.4 Å². The molecule has 0 saturated carbocycles. The molecule has 0 bridgehead atoms. The van der Waals surface area contributed by atoms with Gasteiger partial charge in [0.15, 0.2) is 0 Å². The van der Waals surface area contributed by atoms with Crippen molar-refractivity contribution >= 4 is 11.7 Å². The van der Waals surface area contributed by atoms with Crippen LogP contribution in [0.2, 0.25) is 0 Å². The zero-order chi connectivity index (χ0) is 13.2. The van der Waals surface area contributed by atoms with Crippen molar-refractivity contribution < 1.29 is 22.7 Å². The second-order valence-electron chi connectivity index (χ2n) is 3.44. The molecule has 0 aromatic heterocycles. The Bertz CT molecular complexity index is 441. The first-order valence-electron chi connectivity index (χ1n) is 4.89. The fourth-order valence-corrected chi connectivity index (χ4v) is 1.50. The zero-order valence-electron chi connectivity index (χ0n) is 9.39. The standard InChI is InChI=1S/C11H12F3NO2/c1-3-6-4-8(11(12,13)14)9(15)5-7(6)10(16)17-2/h4-5H,3,15H2,1-2H3. The Kier molecular flexibility index (Phi) is 3.65. The van der Waals surface area contributed by atoms with Crippen molar-refractivity contribution in [3.63, 3.8) is 0 Å². The van der Waals surface area contributed by atoms with Crippen LogP contribution in [0.15, 0.2) is 12.1 Å². The maximum atomic E-state index is 12.6. The summed E-state index contributed by atoms with van der Waals surface area (Å²) in [5.74, 6) is -0.692. The number of carbonyl (C=O) groups excluding carboxylic acids is 1. The van der Waals surface area contributed by atoms with Crippen LogP contribution in [-0.2, 0) is 17.3 Å². The van der Waals surface area contributed by atoms with Gasteiger partial charge in [0.25, 0.3) is 0 Å². The van der Waals surface area contributed by atoms with Crippen molar-refractivity contribution in [2.75, 3.05) is 12.8 Å². The number of methoxy groups -OCH3 is 1. The maximum absolute atomic E-state index is 12.6. The molecule has 0 aliphatic carbocycles. The van der Waals surface area contributed by atoms with Crippen LogP contribution in [0.25, 0.3) is 0 Å². The lowest BCUT2D eigenvalue weighted by molar-refractivity contribution is -0.137. The predicted octanol–water partition coefficient (Wildman–Crippen LogP) is 2.64. The summed E-state index contributed by atoms with van der Waals surface area (Å²) in [6.07, 6.45) is -4.24. The third-order valence-electron chi connectivity index (χ3n) is 2.37. The molecular formula is C11H12F3NO2. The highest BCUT2D eigenvalue weighted by atomic mass is 19.4. The number of halogens is 3. The molecular weight excluding hydrogens is 235 g/mol. The van der Waals surface area contributed by atoms with E-state index in [1.807, 2.05) is 0 Å². The van der Waals surface area contributed by atoms with E-state index in [0.717, 1.165) is 19.2 Å². The van der Waals surface area contributed by atoms with Gasteiger partial charge in [-0.2, -0.15) is 13.2 Å². The number of hydrogen-bond donors (Lipinski definition) is 1. The quantitative estimate of drug-likeness (QED) is 0.645. The molecule has 1 aromatic carbocycles. The lowest BCUT2D eigenvalue weighted by atomic mass is 10.00. The number of ether oxygens (including phenoxy) is 1. The van der Waals surface area contributed by atoms with E-state index in [4.69, 9.17) is 5.73 Å². The minimum absolute atomic E-state index is 0.0699. The average Bonchev–Trinajstić information content (AvgIpc) is 2.26. The lowest BCUT2D eigenvalue weighted by Crippen LogP contribution is -2.13. The number of hydrogen-bond acceptors (Lipinski definition) is 3. The lowest BCUT2D eigenvalue weighted by Gasteiger charge is -2.14. The molecule has 0 amide bonds. The number of anilines is 1. The minimum atomic E-state index is -4.53. The summed E-state index contributed by atoms with van der Waals surface area (Å²) >= 11 is 0. The molecule has 0 atom stereocenters. The second-order valence-corrected chi connectivity index (χ2v) is 3.44. The highest BCUT2D eigenvalue weighted by Crippen LogP contribution is 2.35. The van der Waals surface area contributed by atoms with Crippen molar-refractivity contribution in [2.24, 2.45) is 0 Å². The average molecular weight is 247 g/mol. The number of rotatable bonds is 2. The van der Waals surface area contributed by atoms with Crippen LogP contribution < -0.4 is 5.73 Å². The smallest absolute Gasteiger partial charge is 0.418 e. The second kappa shape index (κ2) is 4.65. The Morgan fingerprint density at radius 1 is 1.41 bits per heavy atom. The normalized spacial score (nSPS) is 11.4. The summed E-state index contributed by atoms with van der Waals surface area (Å²) in [5, 5.41) is 0. The van der Waals surface area contributed by atoms with Crippen LogP contribution in [-0.4, -0.2) is 13.1 Å². The molecule has 3 nitrogen and oxygen atoms in total. The number of nitrogens with two attached hydrogens (primary N) is 1. The first-order valence-corrected chi connectivity index (χ1v) is 4.89. The molecule has 0 heterocycles. The van der Waals surface area contributed by atoms with Crippen molar-refractivity contribution in [3.05, 3.63) is 28.8 Å². The molecule has 0 spiro atoms. The molecule has 0 aliphatic rings. The van der Waals surface area contributed by atoms with Crippen LogP contribution in [0, 0.1) is 0 Å². The molecule has 0 saturated heterocycles. The summed E-state index contributed by atoms with van der Waals surface area (Å²) in [5.41, 5.74) is 4.22. The number of benzene rings is 1. The third kappa shape index (κ3) is 2.69. The van der Waals surface area contributed by atoms with E-state index in [1.165, 1.54) is 0 Å². The largest absolute Gasteiger partial charge is 0.465 e. The summed E-state index contributed by atoms with van der Waals surface area (Å²) in [6, 6.07) is 1.90. The Morgan fingerprint density at radius 3 is 2.41 bits per heavy atom. The van der Waals surface area contributed by atoms with E-state index in [9.17, 15) is 18.0 Å². The molecule has 2 N–H and O–H groups in total. The minimum Gasteiger partial charge on any atom is -0.465 e. The van der Waals surface area contributed by atoms with E-state index in [-0.39, 0.29) is 17.5 Å². The number of esters is 1. The fourth-order valence-electron chi connectivity index (χ4n) is 1.50. The van der Waals surface area contributed by atoms with Gasteiger partial charge < -0.3 is 10.5 Å². The molecule has 0 aliphatic heterocycles. The molecule has 1 rings (SSSR count). The van der Waals surface area contributed by atoms with Gasteiger partial charge in [-0.25, -0.2) is 4.79 Å². The molecule has 17 heavy (non-hydrogen) atoms. The van der Waals surface area contributed by atoms with Crippen LogP contribution >= 0.6 is 0 Å². The van der Waals surface area contributed by atoms with Crippen LogP contribution in [0.5, 0.6) is 0 Å². The van der Waals surface area contributed by atoms with Crippen LogP contribution in [0.1, 0.15) is 28.4 Å². The fraction of sp³-hybridized carbons (Fsp3) is 0.364. The van der Waals surface area contributed by atoms with E-state index in [0.29, 0.717) is 0 Å². The molecule has 0 radical (unpaired) electrons. The number of nitrogen functional groups attached to an aromatic ring is 1. The van der Waals surface area contributed by atoms with Gasteiger partial charge in [0.1, 0.15) is 0 Å².